The third-order valence-corrected chi connectivity index (χ3v) is 4.77. The molecule has 2 aromatic rings. The molecule has 2 rings (SSSR count). The Morgan fingerprint density at radius 3 is 2.60 bits per heavy atom. The molecule has 0 aliphatic carbocycles. The Labute approximate surface area is 142 Å². The third kappa shape index (κ3) is 3.55. The molecule has 20 heavy (non-hydrogen) atoms. The SMILES string of the molecule is N=CCC(=O)c1sc(-c2ccc(Cl)cc2)nc1C(Br)Br. The van der Waals surface area contributed by atoms with E-state index in [1.54, 1.807) is 12.1 Å². The van der Waals surface area contributed by atoms with E-state index in [-0.39, 0.29) is 15.9 Å². The van der Waals surface area contributed by atoms with Gasteiger partial charge in [-0.1, -0.05) is 55.6 Å². The van der Waals surface area contributed by atoms with Crippen LogP contribution in [0.25, 0.3) is 10.6 Å². The summed E-state index contributed by atoms with van der Waals surface area (Å²) < 4.78 is -0.197. The van der Waals surface area contributed by atoms with E-state index in [4.69, 9.17) is 17.0 Å². The second kappa shape index (κ2) is 6.93. The molecule has 0 saturated heterocycles. The molecule has 1 aromatic heterocycles. The quantitative estimate of drug-likeness (QED) is 0.384. The van der Waals surface area contributed by atoms with Gasteiger partial charge in [0.25, 0.3) is 0 Å². The first-order chi connectivity index (χ1) is 9.52. The summed E-state index contributed by atoms with van der Waals surface area (Å²) in [4.78, 5) is 17.1. The Morgan fingerprint density at radius 2 is 2.05 bits per heavy atom. The number of thiazole rings is 1. The molecular weight excluding hydrogens is 427 g/mol. The van der Waals surface area contributed by atoms with Crippen LogP contribution in [0.15, 0.2) is 24.3 Å². The average Bonchev–Trinajstić information content (AvgIpc) is 2.85. The van der Waals surface area contributed by atoms with Gasteiger partial charge in [-0.25, -0.2) is 4.98 Å². The fourth-order valence-corrected chi connectivity index (χ4v) is 3.73. The monoisotopic (exact) mass is 434 g/mol. The zero-order chi connectivity index (χ0) is 14.7. The van der Waals surface area contributed by atoms with Crippen LogP contribution in [-0.4, -0.2) is 17.0 Å². The van der Waals surface area contributed by atoms with Gasteiger partial charge in [-0.05, 0) is 12.1 Å². The van der Waals surface area contributed by atoms with Gasteiger partial charge in [0.05, 0.1) is 10.6 Å². The van der Waals surface area contributed by atoms with Crippen LogP contribution in [-0.2, 0) is 0 Å². The minimum Gasteiger partial charge on any atom is -0.313 e. The summed E-state index contributed by atoms with van der Waals surface area (Å²) in [6, 6.07) is 7.31. The summed E-state index contributed by atoms with van der Waals surface area (Å²) >= 11 is 14.0. The second-order valence-corrected chi connectivity index (χ2v) is 8.37. The minimum absolute atomic E-state index is 0.0853. The van der Waals surface area contributed by atoms with Crippen LogP contribution >= 0.6 is 54.8 Å². The summed E-state index contributed by atoms with van der Waals surface area (Å²) in [5.74, 6) is -0.100. The van der Waals surface area contributed by atoms with Gasteiger partial charge in [0, 0.05) is 23.2 Å². The zero-order valence-corrected chi connectivity index (χ0v) is 14.8. The van der Waals surface area contributed by atoms with Crippen LogP contribution < -0.4 is 0 Å². The number of nitrogens with zero attached hydrogens (tertiary/aromatic N) is 1. The summed E-state index contributed by atoms with van der Waals surface area (Å²) in [5.41, 5.74) is 1.56. The number of Topliss-reactive ketones (excluding diaryl/α,β-unsaturated/α-hetero) is 1. The number of halogens is 3. The highest BCUT2D eigenvalue weighted by molar-refractivity contribution is 9.24. The number of aromatic nitrogens is 1. The van der Waals surface area contributed by atoms with Crippen LogP contribution in [0, 0.1) is 5.41 Å². The van der Waals surface area contributed by atoms with Crippen molar-refractivity contribution in [1.29, 1.82) is 5.41 Å². The zero-order valence-electron chi connectivity index (χ0n) is 10.1. The van der Waals surface area contributed by atoms with Crippen molar-refractivity contribution in [2.24, 2.45) is 0 Å². The van der Waals surface area contributed by atoms with E-state index in [0.29, 0.717) is 15.6 Å². The molecule has 7 heteroatoms. The number of nitrogens with one attached hydrogen (secondary N) is 1. The van der Waals surface area contributed by atoms with Crippen LogP contribution in [0.4, 0.5) is 0 Å². The fourth-order valence-electron chi connectivity index (χ4n) is 1.58. The van der Waals surface area contributed by atoms with Crippen molar-refractivity contribution in [3.8, 4) is 10.6 Å². The number of carbonyl (C=O) groups is 1. The molecule has 1 heterocycles. The van der Waals surface area contributed by atoms with Crippen LogP contribution in [0.5, 0.6) is 0 Å². The second-order valence-electron chi connectivity index (χ2n) is 3.87. The Bertz CT molecular complexity index is 640. The van der Waals surface area contributed by atoms with Crippen molar-refractivity contribution >= 4 is 66.8 Å². The third-order valence-electron chi connectivity index (χ3n) is 2.49. The average molecular weight is 437 g/mol. The first-order valence-electron chi connectivity index (χ1n) is 5.60. The van der Waals surface area contributed by atoms with Crippen molar-refractivity contribution < 1.29 is 4.79 Å². The Morgan fingerprint density at radius 1 is 1.40 bits per heavy atom. The predicted molar refractivity (Wildman–Crippen MR) is 90.9 cm³/mol. The first kappa shape index (κ1) is 15.8. The standard InChI is InChI=1S/C13H9Br2ClN2OS/c14-12(15)10-11(9(19)5-6-17)20-13(18-10)7-1-3-8(16)4-2-7/h1-4,6,12,17H,5H2. The van der Waals surface area contributed by atoms with Crippen molar-refractivity contribution in [1.82, 2.24) is 4.98 Å². The lowest BCUT2D eigenvalue weighted by Gasteiger charge is -1.99. The molecule has 1 N–H and O–H groups in total. The van der Waals surface area contributed by atoms with Crippen LogP contribution in [0.1, 0.15) is 25.5 Å². The van der Waals surface area contributed by atoms with Gasteiger partial charge in [-0.2, -0.15) is 0 Å². The fraction of sp³-hybridized carbons (Fsp3) is 0.154. The number of carbonyl (C=O) groups excluding carboxylic acids is 1. The number of ketones is 1. The Balaban J connectivity index is 2.46. The van der Waals surface area contributed by atoms with E-state index in [9.17, 15) is 4.79 Å². The lowest BCUT2D eigenvalue weighted by Crippen LogP contribution is -2.00. The topological polar surface area (TPSA) is 53.8 Å². The van der Waals surface area contributed by atoms with Gasteiger partial charge < -0.3 is 5.41 Å². The van der Waals surface area contributed by atoms with Gasteiger partial charge in [-0.3, -0.25) is 4.79 Å². The van der Waals surface area contributed by atoms with E-state index in [1.807, 2.05) is 12.1 Å². The maximum Gasteiger partial charge on any atom is 0.180 e. The molecule has 0 aliphatic rings. The Hall–Kier alpha value is -0.560. The van der Waals surface area contributed by atoms with Gasteiger partial charge >= 0.3 is 0 Å². The minimum atomic E-state index is -0.197. The number of benzene rings is 1. The highest BCUT2D eigenvalue weighted by Crippen LogP contribution is 2.38. The summed E-state index contributed by atoms with van der Waals surface area (Å²) in [5, 5.41) is 8.47. The maximum absolute atomic E-state index is 12.0. The molecule has 0 amide bonds. The number of rotatable bonds is 5. The van der Waals surface area contributed by atoms with Gasteiger partial charge in [0.15, 0.2) is 5.78 Å². The number of hydrogen-bond acceptors (Lipinski definition) is 4. The molecule has 0 aliphatic heterocycles. The molecule has 0 unspecified atom stereocenters. The van der Waals surface area contributed by atoms with E-state index in [2.05, 4.69) is 36.8 Å². The summed E-state index contributed by atoms with van der Waals surface area (Å²) in [6.45, 7) is 0. The van der Waals surface area contributed by atoms with Crippen molar-refractivity contribution in [3.63, 3.8) is 0 Å². The lowest BCUT2D eigenvalue weighted by atomic mass is 10.2. The molecule has 0 spiro atoms. The number of alkyl halides is 2. The summed E-state index contributed by atoms with van der Waals surface area (Å²) in [6.07, 6.45) is 1.19. The molecule has 104 valence electrons. The molecule has 1 aromatic carbocycles. The number of hydrogen-bond donors (Lipinski definition) is 1. The molecule has 0 radical (unpaired) electrons. The molecule has 0 saturated carbocycles. The highest BCUT2D eigenvalue weighted by atomic mass is 79.9. The van der Waals surface area contributed by atoms with E-state index in [1.165, 1.54) is 11.3 Å². The van der Waals surface area contributed by atoms with Gasteiger partial charge in [0.2, 0.25) is 0 Å². The summed E-state index contributed by atoms with van der Waals surface area (Å²) in [7, 11) is 0. The molecular formula is C13H9Br2ClN2OS. The smallest absolute Gasteiger partial charge is 0.180 e. The molecule has 0 atom stereocenters. The van der Waals surface area contributed by atoms with Crippen molar-refractivity contribution in [2.45, 2.75) is 10.2 Å². The molecule has 0 fully saturated rings. The first-order valence-corrected chi connectivity index (χ1v) is 8.62. The highest BCUT2D eigenvalue weighted by Gasteiger charge is 2.21. The predicted octanol–water partition coefficient (Wildman–Crippen LogP) is 5.47. The van der Waals surface area contributed by atoms with Gasteiger partial charge in [0.1, 0.15) is 8.74 Å². The van der Waals surface area contributed by atoms with E-state index in [0.717, 1.165) is 16.8 Å². The molecule has 0 bridgehead atoms. The molecule has 3 nitrogen and oxygen atoms in total. The van der Waals surface area contributed by atoms with Gasteiger partial charge in [-0.15, -0.1) is 11.3 Å². The maximum atomic E-state index is 12.0. The normalized spacial score (nSPS) is 10.8. The lowest BCUT2D eigenvalue weighted by molar-refractivity contribution is 0.100. The van der Waals surface area contributed by atoms with Crippen molar-refractivity contribution in [2.75, 3.05) is 0 Å². The van der Waals surface area contributed by atoms with E-state index < -0.39 is 0 Å². The van der Waals surface area contributed by atoms with Crippen LogP contribution in [0.2, 0.25) is 5.02 Å². The van der Waals surface area contributed by atoms with Crippen LogP contribution in [0.3, 0.4) is 0 Å². The van der Waals surface area contributed by atoms with Crippen molar-refractivity contribution in [3.05, 3.63) is 39.9 Å². The largest absolute Gasteiger partial charge is 0.313 e. The Kier molecular flexibility index (Phi) is 5.49. The van der Waals surface area contributed by atoms with E-state index >= 15 is 0 Å².